The van der Waals surface area contributed by atoms with Crippen molar-refractivity contribution in [3.8, 4) is 0 Å². The number of aliphatic imine (C=N–C) groups is 1. The molecule has 10 nitrogen and oxygen atoms in total. The second-order valence-electron chi connectivity index (χ2n) is 8.55. The van der Waals surface area contributed by atoms with Crippen molar-refractivity contribution in [1.82, 2.24) is 19.4 Å². The maximum Gasteiger partial charge on any atom is 0.293 e. The van der Waals surface area contributed by atoms with Crippen molar-refractivity contribution in [1.29, 1.82) is 0 Å². The number of fused-ring (bicyclic) bond motifs is 1. The van der Waals surface area contributed by atoms with Crippen molar-refractivity contribution in [2.24, 2.45) is 4.99 Å². The van der Waals surface area contributed by atoms with Crippen LogP contribution in [0.3, 0.4) is 0 Å². The number of anilines is 1. The van der Waals surface area contributed by atoms with Crippen LogP contribution in [0.15, 0.2) is 40.8 Å². The lowest BCUT2D eigenvalue weighted by Crippen LogP contribution is -2.35. The maximum atomic E-state index is 13.4. The number of rotatable bonds is 12. The van der Waals surface area contributed by atoms with Crippen LogP contribution in [0.4, 0.5) is 5.82 Å². The van der Waals surface area contributed by atoms with Gasteiger partial charge in [-0.3, -0.25) is 14.4 Å². The van der Waals surface area contributed by atoms with Crippen molar-refractivity contribution in [3.05, 3.63) is 46.9 Å². The molecule has 0 aromatic carbocycles. The van der Waals surface area contributed by atoms with Crippen molar-refractivity contribution >= 4 is 28.5 Å². The van der Waals surface area contributed by atoms with Gasteiger partial charge in [0.1, 0.15) is 0 Å². The van der Waals surface area contributed by atoms with Gasteiger partial charge in [-0.05, 0) is 50.1 Å². The van der Waals surface area contributed by atoms with Crippen molar-refractivity contribution in [3.63, 3.8) is 0 Å². The number of ether oxygens (including phenoxy) is 2. The molecule has 1 fully saturated rings. The van der Waals surface area contributed by atoms with Crippen LogP contribution in [0.2, 0.25) is 0 Å². The topological polar surface area (TPSA) is 114 Å². The molecular formula is C27H42N6O4. The molecule has 0 radical (unpaired) electrons. The van der Waals surface area contributed by atoms with Gasteiger partial charge in [0, 0.05) is 58.2 Å². The smallest absolute Gasteiger partial charge is 0.293 e. The van der Waals surface area contributed by atoms with Gasteiger partial charge in [-0.25, -0.2) is 9.97 Å². The molecule has 204 valence electrons. The highest BCUT2D eigenvalue weighted by atomic mass is 16.5. The molecule has 2 N–H and O–H groups in total. The van der Waals surface area contributed by atoms with E-state index in [2.05, 4.69) is 38.7 Å². The Kier molecular flexibility index (Phi) is 13.5. The van der Waals surface area contributed by atoms with E-state index in [-0.39, 0.29) is 5.56 Å². The van der Waals surface area contributed by atoms with E-state index in [0.29, 0.717) is 49.2 Å². The first-order chi connectivity index (χ1) is 18.1. The number of allylic oxidation sites excluding steroid dienone is 2. The fourth-order valence-electron chi connectivity index (χ4n) is 4.05. The van der Waals surface area contributed by atoms with Gasteiger partial charge in [-0.2, -0.15) is 0 Å². The van der Waals surface area contributed by atoms with E-state index in [4.69, 9.17) is 14.6 Å². The number of hydrogen-bond donors (Lipinski definition) is 2. The summed E-state index contributed by atoms with van der Waals surface area (Å²) in [5, 5.41) is 10.3. The Balaban J connectivity index is 0.00000235. The Morgan fingerprint density at radius 2 is 1.97 bits per heavy atom. The predicted molar refractivity (Wildman–Crippen MR) is 150 cm³/mol. The first-order valence-corrected chi connectivity index (χ1v) is 12.8. The molecule has 1 saturated heterocycles. The minimum absolute atomic E-state index is 0.170. The van der Waals surface area contributed by atoms with Crippen LogP contribution in [0.25, 0.3) is 16.7 Å². The molecule has 37 heavy (non-hydrogen) atoms. The first-order valence-electron chi connectivity index (χ1n) is 12.8. The van der Waals surface area contributed by atoms with Gasteiger partial charge in [0.05, 0.1) is 19.2 Å². The summed E-state index contributed by atoms with van der Waals surface area (Å²) in [6.45, 7) is 11.5. The predicted octanol–water partition coefficient (Wildman–Crippen LogP) is 2.97. The summed E-state index contributed by atoms with van der Waals surface area (Å²) in [6.07, 6.45) is 9.98. The fraction of sp³-hybridized carbons (Fsp3) is 0.556. The lowest BCUT2D eigenvalue weighted by molar-refractivity contribution is 0.127. The third kappa shape index (κ3) is 9.07. The van der Waals surface area contributed by atoms with Crippen LogP contribution in [0.5, 0.6) is 0 Å². The highest BCUT2D eigenvalue weighted by molar-refractivity contribution is 5.91. The number of aliphatic hydroxyl groups excluding tert-OH is 1. The number of nitrogens with zero attached hydrogens (tertiary/aromatic N) is 5. The van der Waals surface area contributed by atoms with Crippen LogP contribution >= 0.6 is 0 Å². The Morgan fingerprint density at radius 1 is 1.22 bits per heavy atom. The largest absolute Gasteiger partial charge is 0.481 e. The lowest BCUT2D eigenvalue weighted by Gasteiger charge is -2.26. The molecule has 2 aromatic heterocycles. The molecule has 10 heteroatoms. The lowest BCUT2D eigenvalue weighted by atomic mass is 10.1. The third-order valence-electron chi connectivity index (χ3n) is 6.01. The zero-order chi connectivity index (χ0) is 27.0. The molecule has 0 bridgehead atoms. The van der Waals surface area contributed by atoms with Crippen molar-refractivity contribution in [2.75, 3.05) is 66.0 Å². The molecule has 3 heterocycles. The SMILES string of the molecule is C=C(/C=C\C(=NC)OC)c1cnc2nc(NCCN3CCCCC3)c(=O)n(CCOCCC)c2c1.CO. The van der Waals surface area contributed by atoms with Crippen LogP contribution in [0.1, 0.15) is 38.2 Å². The zero-order valence-electron chi connectivity index (χ0n) is 22.7. The van der Waals surface area contributed by atoms with Gasteiger partial charge < -0.3 is 24.8 Å². The van der Waals surface area contributed by atoms with E-state index in [1.54, 1.807) is 31.0 Å². The monoisotopic (exact) mass is 514 g/mol. The minimum Gasteiger partial charge on any atom is -0.481 e. The van der Waals surface area contributed by atoms with E-state index in [9.17, 15) is 4.79 Å². The third-order valence-corrected chi connectivity index (χ3v) is 6.01. The second-order valence-corrected chi connectivity index (χ2v) is 8.55. The molecule has 1 aliphatic rings. The van der Waals surface area contributed by atoms with Gasteiger partial charge in [0.2, 0.25) is 5.90 Å². The Hall–Kier alpha value is -3.08. The summed E-state index contributed by atoms with van der Waals surface area (Å²) in [5.41, 5.74) is 2.50. The highest BCUT2D eigenvalue weighted by Gasteiger charge is 2.14. The Morgan fingerprint density at radius 3 is 2.65 bits per heavy atom. The first kappa shape index (κ1) is 30.1. The van der Waals surface area contributed by atoms with Gasteiger partial charge in [0.15, 0.2) is 11.5 Å². The molecular weight excluding hydrogens is 472 g/mol. The highest BCUT2D eigenvalue weighted by Crippen LogP contribution is 2.19. The molecule has 1 aliphatic heterocycles. The van der Waals surface area contributed by atoms with E-state index >= 15 is 0 Å². The quantitative estimate of drug-likeness (QED) is 0.192. The van der Waals surface area contributed by atoms with Crippen molar-refractivity contribution < 1.29 is 14.6 Å². The summed E-state index contributed by atoms with van der Waals surface area (Å²) in [4.78, 5) is 29.0. The molecule has 0 saturated carbocycles. The standard InChI is InChI=1S/C26H38N6O3.CH4O/c1-5-16-35-17-15-32-22-18-21(20(2)9-10-23(27-3)34-4)19-29-24(22)30-25(26(32)33)28-11-14-31-12-7-6-8-13-31;1-2/h9-10,18-19H,2,5-8,11-17H2,1,3-4H3,(H,28,29,30);2H,1H3/b10-9-,27-23?;. The molecule has 0 atom stereocenters. The second kappa shape index (κ2) is 16.6. The van der Waals surface area contributed by atoms with Crippen LogP contribution < -0.4 is 10.9 Å². The van der Waals surface area contributed by atoms with Crippen LogP contribution in [-0.4, -0.2) is 91.1 Å². The number of piperidine rings is 1. The number of nitrogens with one attached hydrogen (secondary N) is 1. The zero-order valence-corrected chi connectivity index (χ0v) is 22.7. The summed E-state index contributed by atoms with van der Waals surface area (Å²) >= 11 is 0. The Labute approximate surface area is 219 Å². The average Bonchev–Trinajstić information content (AvgIpc) is 2.94. The molecule has 0 unspecified atom stereocenters. The summed E-state index contributed by atoms with van der Waals surface area (Å²) < 4.78 is 12.5. The number of pyridine rings is 1. The molecule has 0 amide bonds. The number of likely N-dealkylation sites (tertiary alicyclic amines) is 1. The van der Waals surface area contributed by atoms with Crippen LogP contribution in [0, 0.1) is 0 Å². The van der Waals surface area contributed by atoms with Crippen molar-refractivity contribution in [2.45, 2.75) is 39.2 Å². The molecule has 3 rings (SSSR count). The van der Waals surface area contributed by atoms with Crippen LogP contribution in [-0.2, 0) is 16.0 Å². The molecule has 0 spiro atoms. The Bertz CT molecular complexity index is 1110. The average molecular weight is 515 g/mol. The fourth-order valence-corrected chi connectivity index (χ4v) is 4.05. The summed E-state index contributed by atoms with van der Waals surface area (Å²) in [6, 6.07) is 1.90. The molecule has 2 aromatic rings. The minimum atomic E-state index is -0.170. The maximum absolute atomic E-state index is 13.4. The normalized spacial score (nSPS) is 14.5. The summed E-state index contributed by atoms with van der Waals surface area (Å²) in [5.74, 6) is 0.819. The van der Waals surface area contributed by atoms with Gasteiger partial charge in [-0.1, -0.05) is 19.9 Å². The van der Waals surface area contributed by atoms with E-state index in [1.807, 2.05) is 12.1 Å². The number of hydrogen-bond acceptors (Lipinski definition) is 9. The van der Waals surface area contributed by atoms with E-state index in [1.165, 1.54) is 19.3 Å². The van der Waals surface area contributed by atoms with Gasteiger partial charge in [-0.15, -0.1) is 0 Å². The van der Waals surface area contributed by atoms with E-state index < -0.39 is 0 Å². The molecule has 0 aliphatic carbocycles. The number of aliphatic hydroxyl groups is 1. The summed E-state index contributed by atoms with van der Waals surface area (Å²) in [7, 11) is 4.22. The van der Waals surface area contributed by atoms with E-state index in [0.717, 1.165) is 44.3 Å². The van der Waals surface area contributed by atoms with Gasteiger partial charge >= 0.3 is 0 Å². The number of aromatic nitrogens is 3. The van der Waals surface area contributed by atoms with Gasteiger partial charge in [0.25, 0.3) is 5.56 Å². The number of methoxy groups -OCH3 is 1.